The van der Waals surface area contributed by atoms with Crippen molar-refractivity contribution >= 4 is 38.9 Å². The summed E-state index contributed by atoms with van der Waals surface area (Å²) in [5.74, 6) is -0.0530. The molecule has 2 N–H and O–H groups in total. The van der Waals surface area contributed by atoms with Gasteiger partial charge < -0.3 is 10.2 Å². The zero-order valence-electron chi connectivity index (χ0n) is 15.1. The number of hydrogen-bond acceptors (Lipinski definition) is 4. The average Bonchev–Trinajstić information content (AvgIpc) is 3.05. The Bertz CT molecular complexity index is 901. The quantitative estimate of drug-likeness (QED) is 0.658. The van der Waals surface area contributed by atoms with Crippen LogP contribution in [0.3, 0.4) is 0 Å². The van der Waals surface area contributed by atoms with Gasteiger partial charge in [-0.2, -0.15) is 0 Å². The van der Waals surface area contributed by atoms with Gasteiger partial charge in [0.25, 0.3) is 5.91 Å². The largest absolute Gasteiger partial charge is 0.322 e. The molecule has 0 radical (unpaired) electrons. The van der Waals surface area contributed by atoms with E-state index in [1.165, 1.54) is 6.92 Å². The Labute approximate surface area is 156 Å². The lowest BCUT2D eigenvalue weighted by Crippen LogP contribution is -3.10. The van der Waals surface area contributed by atoms with Gasteiger partial charge in [0.05, 0.1) is 17.3 Å². The third-order valence-electron chi connectivity index (χ3n) is 4.43. The summed E-state index contributed by atoms with van der Waals surface area (Å²) in [7, 11) is 2.00. The normalized spacial score (nSPS) is 13.3. The van der Waals surface area contributed by atoms with E-state index < -0.39 is 0 Å². The number of carbonyl (C=O) groups excluding carboxylic acids is 2. The fraction of sp³-hybridized carbons (Fsp3) is 0.250. The highest BCUT2D eigenvalue weighted by Gasteiger charge is 2.22. The van der Waals surface area contributed by atoms with Crippen LogP contribution >= 0.6 is 11.3 Å². The number of hydrogen-bond donors (Lipinski definition) is 2. The maximum absolute atomic E-state index is 12.3. The van der Waals surface area contributed by atoms with Gasteiger partial charge in [-0.05, 0) is 50.2 Å². The Kier molecular flexibility index (Phi) is 5.44. The molecule has 6 heteroatoms. The van der Waals surface area contributed by atoms with E-state index in [2.05, 4.69) is 23.3 Å². The lowest BCUT2D eigenvalue weighted by Gasteiger charge is -2.19. The Morgan fingerprint density at radius 1 is 1.15 bits per heavy atom. The van der Waals surface area contributed by atoms with E-state index in [1.54, 1.807) is 35.6 Å². The molecule has 0 bridgehead atoms. The smallest absolute Gasteiger partial charge is 0.279 e. The number of ketones is 1. The first kappa shape index (κ1) is 18.2. The van der Waals surface area contributed by atoms with Gasteiger partial charge in [-0.3, -0.25) is 9.59 Å². The molecule has 0 aliphatic rings. The predicted octanol–water partition coefficient (Wildman–Crippen LogP) is 2.71. The number of benzene rings is 2. The number of para-hydroxylation sites is 1. The van der Waals surface area contributed by atoms with Crippen molar-refractivity contribution in [2.45, 2.75) is 19.9 Å². The van der Waals surface area contributed by atoms with Crippen molar-refractivity contribution in [1.82, 2.24) is 4.98 Å². The van der Waals surface area contributed by atoms with E-state index >= 15 is 0 Å². The first-order valence-electron chi connectivity index (χ1n) is 8.52. The third kappa shape index (κ3) is 4.15. The van der Waals surface area contributed by atoms with Crippen LogP contribution in [-0.2, 0) is 4.79 Å². The fourth-order valence-electron chi connectivity index (χ4n) is 2.69. The number of anilines is 1. The molecule has 0 spiro atoms. The maximum atomic E-state index is 12.3. The van der Waals surface area contributed by atoms with Crippen LogP contribution < -0.4 is 10.2 Å². The molecular weight excluding hydrogens is 346 g/mol. The standard InChI is InChI=1S/C20H21N3O2S/c1-13(20-22-17-6-4-5-7-18(17)26-20)23(3)12-19(25)21-16-10-8-15(9-11-16)14(2)24/h4-11,13H,12H2,1-3H3,(H,21,25)/p+1/t13-/m1/s1. The molecule has 2 atom stereocenters. The van der Waals surface area contributed by atoms with Crippen LogP contribution in [0.1, 0.15) is 35.3 Å². The molecule has 0 aliphatic carbocycles. The van der Waals surface area contributed by atoms with Gasteiger partial charge in [0.15, 0.2) is 17.3 Å². The molecule has 2 aromatic carbocycles. The van der Waals surface area contributed by atoms with Crippen LogP contribution in [0.15, 0.2) is 48.5 Å². The second-order valence-corrected chi connectivity index (χ2v) is 7.51. The van der Waals surface area contributed by atoms with E-state index in [1.807, 2.05) is 25.2 Å². The Morgan fingerprint density at radius 2 is 1.85 bits per heavy atom. The molecule has 134 valence electrons. The molecule has 1 unspecified atom stereocenters. The first-order valence-corrected chi connectivity index (χ1v) is 9.34. The lowest BCUT2D eigenvalue weighted by atomic mass is 10.1. The summed E-state index contributed by atoms with van der Waals surface area (Å²) in [4.78, 5) is 29.4. The predicted molar refractivity (Wildman–Crippen MR) is 105 cm³/mol. The first-order chi connectivity index (χ1) is 12.4. The van der Waals surface area contributed by atoms with E-state index in [4.69, 9.17) is 0 Å². The second-order valence-electron chi connectivity index (χ2n) is 6.45. The summed E-state index contributed by atoms with van der Waals surface area (Å²) in [5.41, 5.74) is 2.33. The van der Waals surface area contributed by atoms with Gasteiger partial charge in [-0.25, -0.2) is 4.98 Å². The third-order valence-corrected chi connectivity index (χ3v) is 5.65. The molecule has 0 saturated heterocycles. The van der Waals surface area contributed by atoms with Crippen molar-refractivity contribution in [2.75, 3.05) is 18.9 Å². The highest BCUT2D eigenvalue weighted by atomic mass is 32.1. The van der Waals surface area contributed by atoms with Crippen molar-refractivity contribution in [3.8, 4) is 0 Å². The molecule has 0 saturated carbocycles. The second kappa shape index (κ2) is 7.76. The van der Waals surface area contributed by atoms with Crippen LogP contribution in [0.25, 0.3) is 10.2 Å². The number of quaternary nitrogens is 1. The Balaban J connectivity index is 1.61. The van der Waals surface area contributed by atoms with E-state index in [0.29, 0.717) is 17.8 Å². The number of thiazole rings is 1. The van der Waals surface area contributed by atoms with E-state index in [0.717, 1.165) is 20.1 Å². The summed E-state index contributed by atoms with van der Waals surface area (Å²) in [6, 6.07) is 15.1. The van der Waals surface area contributed by atoms with Crippen molar-refractivity contribution < 1.29 is 14.5 Å². The van der Waals surface area contributed by atoms with Gasteiger partial charge in [0, 0.05) is 11.3 Å². The minimum absolute atomic E-state index is 0.0108. The highest BCUT2D eigenvalue weighted by Crippen LogP contribution is 2.24. The zero-order chi connectivity index (χ0) is 18.7. The lowest BCUT2D eigenvalue weighted by molar-refractivity contribution is -0.902. The Morgan fingerprint density at radius 3 is 2.50 bits per heavy atom. The maximum Gasteiger partial charge on any atom is 0.279 e. The summed E-state index contributed by atoms with van der Waals surface area (Å²) >= 11 is 1.67. The van der Waals surface area contributed by atoms with Crippen LogP contribution in [0.5, 0.6) is 0 Å². The van der Waals surface area contributed by atoms with Crippen molar-refractivity contribution in [1.29, 1.82) is 0 Å². The number of nitrogens with zero attached hydrogens (tertiary/aromatic N) is 1. The number of nitrogens with one attached hydrogen (secondary N) is 2. The average molecular weight is 368 g/mol. The van der Waals surface area contributed by atoms with Crippen molar-refractivity contribution in [3.05, 3.63) is 59.1 Å². The summed E-state index contributed by atoms with van der Waals surface area (Å²) < 4.78 is 1.16. The molecule has 1 heterocycles. The van der Waals surface area contributed by atoms with E-state index in [-0.39, 0.29) is 17.7 Å². The van der Waals surface area contributed by atoms with E-state index in [9.17, 15) is 9.59 Å². The van der Waals surface area contributed by atoms with Crippen molar-refractivity contribution in [2.24, 2.45) is 0 Å². The number of aromatic nitrogens is 1. The van der Waals surface area contributed by atoms with Gasteiger partial charge in [-0.15, -0.1) is 11.3 Å². The van der Waals surface area contributed by atoms with Crippen LogP contribution in [0.4, 0.5) is 5.69 Å². The van der Waals surface area contributed by atoms with Crippen LogP contribution in [-0.4, -0.2) is 30.3 Å². The summed E-state index contributed by atoms with van der Waals surface area (Å²) in [6.07, 6.45) is 0. The minimum Gasteiger partial charge on any atom is -0.322 e. The molecule has 0 aliphatic heterocycles. The van der Waals surface area contributed by atoms with Crippen LogP contribution in [0, 0.1) is 0 Å². The van der Waals surface area contributed by atoms with Crippen molar-refractivity contribution in [3.63, 3.8) is 0 Å². The molecule has 3 rings (SSSR count). The zero-order valence-corrected chi connectivity index (χ0v) is 15.9. The fourth-order valence-corrected chi connectivity index (χ4v) is 3.80. The van der Waals surface area contributed by atoms with Gasteiger partial charge in [0.2, 0.25) is 0 Å². The summed E-state index contributed by atoms with van der Waals surface area (Å²) in [5, 5.41) is 3.91. The Hall–Kier alpha value is -2.57. The van der Waals surface area contributed by atoms with Crippen LogP contribution in [0.2, 0.25) is 0 Å². The minimum atomic E-state index is -0.0639. The van der Waals surface area contributed by atoms with Gasteiger partial charge in [0.1, 0.15) is 6.04 Å². The number of likely N-dealkylation sites (N-methyl/N-ethyl adjacent to an activating group) is 1. The molecule has 5 nitrogen and oxygen atoms in total. The molecule has 26 heavy (non-hydrogen) atoms. The number of Topliss-reactive ketones (excluding diaryl/α,β-unsaturated/α-hetero) is 1. The molecular formula is C20H22N3O2S+. The molecule has 1 amide bonds. The highest BCUT2D eigenvalue weighted by molar-refractivity contribution is 7.18. The number of amides is 1. The monoisotopic (exact) mass is 368 g/mol. The summed E-state index contributed by atoms with van der Waals surface area (Å²) in [6.45, 7) is 3.95. The molecule has 3 aromatic rings. The topological polar surface area (TPSA) is 63.5 Å². The van der Waals surface area contributed by atoms with Gasteiger partial charge >= 0.3 is 0 Å². The SMILES string of the molecule is CC(=O)c1ccc(NC(=O)C[NH+](C)[C@H](C)c2nc3ccccc3s2)cc1. The number of fused-ring (bicyclic) bond motifs is 1. The molecule has 0 fully saturated rings. The van der Waals surface area contributed by atoms with Gasteiger partial charge in [-0.1, -0.05) is 12.1 Å². The number of carbonyl (C=O) groups is 2. The molecule has 1 aromatic heterocycles. The number of rotatable bonds is 6.